The average molecular weight is 960 g/mol. The summed E-state index contributed by atoms with van der Waals surface area (Å²) in [6.07, 6.45) is 3.29. The molecule has 1 N–H and O–H groups in total. The lowest BCUT2D eigenvalue weighted by molar-refractivity contribution is -0.373. The van der Waals surface area contributed by atoms with Crippen LogP contribution in [0.15, 0.2) is 194 Å². The second-order valence-electron chi connectivity index (χ2n) is 18.2. The standard InChI is InChI=1S/C61H69NO9/c1-2-3-38-53(64-40-47-28-14-5-15-29-47)56(65-41-48-30-16-6-17-31-48)52(62-55(63)39-24-9-13-27-46-25-11-4-12-26-46)44-68-61-59(67-43-50-34-20-8-21-35-50)58(66-42-49-32-18-7-19-33-49)57-54(70-61)45-69-60(71-57)51-36-22-10-23-37-51/h2-8,10-12,14-23,25-26,28-37,52-54,56-61H,9,13,24,27,38-45H2,1H3,(H,62,63)/b3-2+/t52-,53+,54?,56-,57?,58?,59?,60?,61?/m0/s1. The molecule has 1 amide bonds. The molecule has 10 heteroatoms. The molecule has 0 spiro atoms. The largest absolute Gasteiger partial charge is 0.370 e. The maximum atomic E-state index is 14.3. The van der Waals surface area contributed by atoms with E-state index < -0.39 is 55.2 Å². The molecular weight excluding hydrogens is 891 g/mol. The van der Waals surface area contributed by atoms with Crippen LogP contribution in [0.4, 0.5) is 0 Å². The molecule has 6 aromatic carbocycles. The molecule has 0 radical (unpaired) electrons. The summed E-state index contributed by atoms with van der Waals surface area (Å²) in [5, 5.41) is 3.40. The predicted molar refractivity (Wildman–Crippen MR) is 275 cm³/mol. The van der Waals surface area contributed by atoms with Gasteiger partial charge in [-0.05, 0) is 60.4 Å². The van der Waals surface area contributed by atoms with Gasteiger partial charge in [0, 0.05) is 12.0 Å². The Morgan fingerprint density at radius 1 is 0.592 bits per heavy atom. The number of benzene rings is 6. The molecule has 2 aliphatic heterocycles. The quantitative estimate of drug-likeness (QED) is 0.0399. The highest BCUT2D eigenvalue weighted by atomic mass is 16.8. The van der Waals surface area contributed by atoms with Crippen molar-refractivity contribution in [2.75, 3.05) is 13.2 Å². The zero-order valence-electron chi connectivity index (χ0n) is 40.8. The summed E-state index contributed by atoms with van der Waals surface area (Å²) in [4.78, 5) is 14.3. The normalized spacial score (nSPS) is 21.3. The topological polar surface area (TPSA) is 103 Å². The number of rotatable bonds is 27. The van der Waals surface area contributed by atoms with Crippen LogP contribution in [0.5, 0.6) is 0 Å². The Morgan fingerprint density at radius 2 is 1.11 bits per heavy atom. The number of aryl methyl sites for hydroxylation is 1. The highest BCUT2D eigenvalue weighted by Gasteiger charge is 2.52. The highest BCUT2D eigenvalue weighted by molar-refractivity contribution is 5.76. The SMILES string of the molecule is C/C=C/C[C@@H](OCc1ccccc1)[C@@H](OCc1ccccc1)[C@H](COC1OC2COC(c3ccccc3)OC2C(OCc2ccccc2)C1OCc1ccccc1)NC(=O)CCCCCc1ccccc1. The van der Waals surface area contributed by atoms with E-state index in [0.29, 0.717) is 26.1 Å². The van der Waals surface area contributed by atoms with Crippen LogP contribution < -0.4 is 5.32 Å². The number of carbonyl (C=O) groups excluding carboxylic acids is 1. The van der Waals surface area contributed by atoms with E-state index in [1.807, 2.05) is 171 Å². The van der Waals surface area contributed by atoms with Crippen LogP contribution in [0, 0.1) is 0 Å². The minimum atomic E-state index is -0.965. The summed E-state index contributed by atoms with van der Waals surface area (Å²) < 4.78 is 54.7. The van der Waals surface area contributed by atoms with Crippen LogP contribution in [-0.2, 0) is 75.5 Å². The van der Waals surface area contributed by atoms with Gasteiger partial charge in [-0.15, -0.1) is 0 Å². The van der Waals surface area contributed by atoms with Crippen molar-refractivity contribution in [3.8, 4) is 0 Å². The third-order valence-corrected chi connectivity index (χ3v) is 12.9. The zero-order chi connectivity index (χ0) is 48.7. The Kier molecular flexibility index (Phi) is 20.6. The van der Waals surface area contributed by atoms with Gasteiger partial charge in [-0.3, -0.25) is 4.79 Å². The molecular formula is C61H69NO9. The van der Waals surface area contributed by atoms with E-state index in [1.54, 1.807) is 0 Å². The van der Waals surface area contributed by atoms with Gasteiger partial charge in [0.1, 0.15) is 30.5 Å². The van der Waals surface area contributed by atoms with Crippen LogP contribution in [0.2, 0.25) is 0 Å². The fraction of sp³-hybridized carbons (Fsp3) is 0.361. The number of ether oxygens (including phenoxy) is 8. The van der Waals surface area contributed by atoms with Crippen LogP contribution in [-0.4, -0.2) is 68.1 Å². The van der Waals surface area contributed by atoms with Gasteiger partial charge in [-0.1, -0.05) is 201 Å². The number of hydrogen-bond donors (Lipinski definition) is 1. The molecule has 2 fully saturated rings. The summed E-state index contributed by atoms with van der Waals surface area (Å²) in [5.74, 6) is -0.0916. The van der Waals surface area contributed by atoms with Crippen molar-refractivity contribution in [2.24, 2.45) is 0 Å². The fourth-order valence-corrected chi connectivity index (χ4v) is 9.09. The summed E-state index contributed by atoms with van der Waals surface area (Å²) in [6, 6.07) is 59.9. The first kappa shape index (κ1) is 51.6. The lowest BCUT2D eigenvalue weighted by atomic mass is 9.96. The molecule has 9 atom stereocenters. The monoisotopic (exact) mass is 959 g/mol. The van der Waals surface area contributed by atoms with E-state index in [2.05, 4.69) is 35.7 Å². The minimum absolute atomic E-state index is 0.00719. The van der Waals surface area contributed by atoms with E-state index in [4.69, 9.17) is 37.9 Å². The van der Waals surface area contributed by atoms with E-state index in [-0.39, 0.29) is 32.3 Å². The number of allylic oxidation sites excluding steroid dienone is 1. The Hall–Kier alpha value is -5.79. The van der Waals surface area contributed by atoms with Gasteiger partial charge in [0.05, 0.1) is 51.8 Å². The van der Waals surface area contributed by atoms with Crippen LogP contribution in [0.25, 0.3) is 0 Å². The molecule has 10 nitrogen and oxygen atoms in total. The first-order chi connectivity index (χ1) is 35.1. The highest BCUT2D eigenvalue weighted by Crippen LogP contribution is 2.38. The van der Waals surface area contributed by atoms with Gasteiger partial charge >= 0.3 is 0 Å². The molecule has 0 aromatic heterocycles. The van der Waals surface area contributed by atoms with Gasteiger partial charge in [0.15, 0.2) is 12.6 Å². The van der Waals surface area contributed by atoms with Gasteiger partial charge in [0.2, 0.25) is 5.91 Å². The number of nitrogens with one attached hydrogen (secondary N) is 1. The summed E-state index contributed by atoms with van der Waals surface area (Å²) in [6.45, 7) is 3.44. The predicted octanol–water partition coefficient (Wildman–Crippen LogP) is 11.4. The Bertz CT molecular complexity index is 2410. The number of fused-ring (bicyclic) bond motifs is 1. The molecule has 71 heavy (non-hydrogen) atoms. The first-order valence-electron chi connectivity index (χ1n) is 25.2. The number of amides is 1. The molecule has 6 unspecified atom stereocenters. The number of hydrogen-bond acceptors (Lipinski definition) is 9. The first-order valence-corrected chi connectivity index (χ1v) is 25.2. The van der Waals surface area contributed by atoms with Crippen molar-refractivity contribution in [1.29, 1.82) is 0 Å². The molecule has 0 aliphatic carbocycles. The molecule has 372 valence electrons. The smallest absolute Gasteiger partial charge is 0.220 e. The molecule has 6 aromatic rings. The Labute approximate surface area is 420 Å². The van der Waals surface area contributed by atoms with Crippen LogP contribution in [0.1, 0.15) is 78.7 Å². The van der Waals surface area contributed by atoms with Crippen molar-refractivity contribution in [2.45, 2.75) is 127 Å². The third-order valence-electron chi connectivity index (χ3n) is 12.9. The van der Waals surface area contributed by atoms with Crippen molar-refractivity contribution < 1.29 is 42.7 Å². The zero-order valence-corrected chi connectivity index (χ0v) is 40.8. The van der Waals surface area contributed by atoms with E-state index >= 15 is 0 Å². The van der Waals surface area contributed by atoms with Crippen molar-refractivity contribution in [3.63, 3.8) is 0 Å². The molecule has 2 saturated heterocycles. The number of unbranched alkanes of at least 4 members (excludes halogenated alkanes) is 2. The molecule has 0 bridgehead atoms. The van der Waals surface area contributed by atoms with E-state index in [9.17, 15) is 4.79 Å². The van der Waals surface area contributed by atoms with Gasteiger partial charge in [-0.2, -0.15) is 0 Å². The Balaban J connectivity index is 1.09. The maximum absolute atomic E-state index is 14.3. The second-order valence-corrected chi connectivity index (χ2v) is 18.2. The third kappa shape index (κ3) is 16.1. The molecule has 2 aliphatic rings. The van der Waals surface area contributed by atoms with Crippen LogP contribution in [0.3, 0.4) is 0 Å². The lowest BCUT2D eigenvalue weighted by Gasteiger charge is -2.49. The maximum Gasteiger partial charge on any atom is 0.220 e. The summed E-state index contributed by atoms with van der Waals surface area (Å²) >= 11 is 0. The van der Waals surface area contributed by atoms with E-state index in [0.717, 1.165) is 53.5 Å². The molecule has 8 rings (SSSR count). The second kappa shape index (κ2) is 28.3. The molecule has 0 saturated carbocycles. The van der Waals surface area contributed by atoms with Crippen LogP contribution >= 0.6 is 0 Å². The number of carbonyl (C=O) groups is 1. The molecule has 2 heterocycles. The van der Waals surface area contributed by atoms with Crippen molar-refractivity contribution in [3.05, 3.63) is 228 Å². The summed E-state index contributed by atoms with van der Waals surface area (Å²) in [5.41, 5.74) is 6.21. The lowest BCUT2D eigenvalue weighted by Crippen LogP contribution is -2.64. The average Bonchev–Trinajstić information content (AvgIpc) is 3.43. The fourth-order valence-electron chi connectivity index (χ4n) is 9.09. The van der Waals surface area contributed by atoms with E-state index in [1.165, 1.54) is 5.56 Å². The Morgan fingerprint density at radius 3 is 1.69 bits per heavy atom. The minimum Gasteiger partial charge on any atom is -0.370 e. The van der Waals surface area contributed by atoms with Crippen molar-refractivity contribution in [1.82, 2.24) is 5.32 Å². The summed E-state index contributed by atoms with van der Waals surface area (Å²) in [7, 11) is 0. The van der Waals surface area contributed by atoms with Gasteiger partial charge < -0.3 is 43.2 Å². The van der Waals surface area contributed by atoms with Gasteiger partial charge in [-0.25, -0.2) is 0 Å². The van der Waals surface area contributed by atoms with Gasteiger partial charge in [0.25, 0.3) is 0 Å². The van der Waals surface area contributed by atoms with Crippen molar-refractivity contribution >= 4 is 5.91 Å².